The van der Waals surface area contributed by atoms with E-state index in [0.717, 1.165) is 29.7 Å². The third kappa shape index (κ3) is 2.52. The molecule has 0 amide bonds. The number of aromatic amines is 1. The molecular weight excluding hydrogens is 254 g/mol. The Hall–Kier alpha value is -2.31. The van der Waals surface area contributed by atoms with Gasteiger partial charge in [-0.05, 0) is 12.5 Å². The summed E-state index contributed by atoms with van der Waals surface area (Å²) in [5, 5.41) is 14.8. The number of nitrogens with one attached hydrogen (secondary N) is 2. The average Bonchev–Trinajstić information content (AvgIpc) is 2.92. The molecule has 0 aromatic carbocycles. The first-order valence-corrected chi connectivity index (χ1v) is 6.94. The Morgan fingerprint density at radius 1 is 1.10 bits per heavy atom. The molecular formula is C13H17N7. The van der Waals surface area contributed by atoms with Crippen molar-refractivity contribution in [1.29, 1.82) is 0 Å². The van der Waals surface area contributed by atoms with Crippen molar-refractivity contribution < 1.29 is 0 Å². The highest BCUT2D eigenvalue weighted by Gasteiger charge is 2.08. The van der Waals surface area contributed by atoms with Crippen LogP contribution < -0.4 is 5.32 Å². The molecule has 0 saturated carbocycles. The van der Waals surface area contributed by atoms with Crippen molar-refractivity contribution in [2.75, 3.05) is 11.9 Å². The number of hydrogen-bond acceptors (Lipinski definition) is 6. The van der Waals surface area contributed by atoms with Crippen LogP contribution in [0, 0.1) is 0 Å². The third-order valence-electron chi connectivity index (χ3n) is 3.23. The third-order valence-corrected chi connectivity index (χ3v) is 3.23. The summed E-state index contributed by atoms with van der Waals surface area (Å²) < 4.78 is 0. The molecule has 0 fully saturated rings. The van der Waals surface area contributed by atoms with Gasteiger partial charge in [0.15, 0.2) is 5.65 Å². The van der Waals surface area contributed by atoms with E-state index in [0.29, 0.717) is 11.3 Å². The zero-order valence-corrected chi connectivity index (χ0v) is 11.4. The van der Waals surface area contributed by atoms with Crippen LogP contribution in [-0.2, 0) is 0 Å². The van der Waals surface area contributed by atoms with E-state index in [1.54, 1.807) is 0 Å². The molecule has 0 radical (unpaired) electrons. The molecule has 3 aromatic rings. The largest absolute Gasteiger partial charge is 0.369 e. The van der Waals surface area contributed by atoms with Crippen LogP contribution in [0.2, 0.25) is 0 Å². The molecule has 7 nitrogen and oxygen atoms in total. The van der Waals surface area contributed by atoms with Gasteiger partial charge in [-0.3, -0.25) is 0 Å². The molecule has 0 bridgehead atoms. The molecule has 0 aliphatic rings. The van der Waals surface area contributed by atoms with Crippen molar-refractivity contribution in [2.24, 2.45) is 0 Å². The molecule has 2 N–H and O–H groups in total. The Morgan fingerprint density at radius 2 is 2.05 bits per heavy atom. The molecule has 7 heteroatoms. The smallest absolute Gasteiger partial charge is 0.203 e. The van der Waals surface area contributed by atoms with E-state index < -0.39 is 0 Å². The van der Waals surface area contributed by atoms with Crippen molar-refractivity contribution in [3.05, 3.63) is 12.4 Å². The first-order valence-electron chi connectivity index (χ1n) is 6.94. The molecule has 0 atom stereocenters. The highest BCUT2D eigenvalue weighted by Crippen LogP contribution is 2.20. The fraction of sp³-hybridized carbons (Fsp3) is 0.462. The number of aromatic nitrogens is 6. The van der Waals surface area contributed by atoms with Gasteiger partial charge in [0.2, 0.25) is 5.65 Å². The maximum absolute atomic E-state index is 4.36. The zero-order valence-electron chi connectivity index (χ0n) is 11.4. The zero-order chi connectivity index (χ0) is 13.8. The number of anilines is 1. The molecule has 0 aliphatic heterocycles. The van der Waals surface area contributed by atoms with E-state index >= 15 is 0 Å². The standard InChI is InChI=1S/C13H17N7/c1-2-3-4-5-6-14-11-9-7-10-13(19-20-18-10)17-12(9)16-8-15-11/h7-8H,2-6H2,1H3,(H2,14,15,16,17,18,19,20). The van der Waals surface area contributed by atoms with Gasteiger partial charge in [0, 0.05) is 6.54 Å². The highest BCUT2D eigenvalue weighted by molar-refractivity contribution is 5.93. The van der Waals surface area contributed by atoms with E-state index in [1.807, 2.05) is 6.07 Å². The number of pyridine rings is 1. The maximum Gasteiger partial charge on any atom is 0.203 e. The minimum Gasteiger partial charge on any atom is -0.369 e. The van der Waals surface area contributed by atoms with Gasteiger partial charge in [0.1, 0.15) is 17.7 Å². The molecule has 3 aromatic heterocycles. The van der Waals surface area contributed by atoms with Crippen LogP contribution >= 0.6 is 0 Å². The second kappa shape index (κ2) is 5.77. The van der Waals surface area contributed by atoms with Crippen LogP contribution in [-0.4, -0.2) is 36.9 Å². The lowest BCUT2D eigenvalue weighted by Crippen LogP contribution is -2.04. The summed E-state index contributed by atoms with van der Waals surface area (Å²) in [7, 11) is 0. The van der Waals surface area contributed by atoms with Gasteiger partial charge >= 0.3 is 0 Å². The van der Waals surface area contributed by atoms with Gasteiger partial charge in [0.05, 0.1) is 5.39 Å². The Balaban J connectivity index is 1.82. The summed E-state index contributed by atoms with van der Waals surface area (Å²) in [6.45, 7) is 3.11. The predicted octanol–water partition coefficient (Wildman–Crippen LogP) is 2.29. The van der Waals surface area contributed by atoms with Crippen molar-refractivity contribution in [3.8, 4) is 0 Å². The van der Waals surface area contributed by atoms with Crippen LogP contribution in [0.25, 0.3) is 22.2 Å². The number of H-pyrrole nitrogens is 1. The van der Waals surface area contributed by atoms with Gasteiger partial charge in [-0.15, -0.1) is 5.10 Å². The van der Waals surface area contributed by atoms with Crippen molar-refractivity contribution in [2.45, 2.75) is 32.6 Å². The number of fused-ring (bicyclic) bond motifs is 2. The monoisotopic (exact) mass is 271 g/mol. The van der Waals surface area contributed by atoms with Crippen LogP contribution in [0.3, 0.4) is 0 Å². The number of nitrogens with zero attached hydrogens (tertiary/aromatic N) is 5. The molecule has 0 unspecified atom stereocenters. The second-order valence-corrected chi connectivity index (χ2v) is 4.74. The van der Waals surface area contributed by atoms with Crippen LogP contribution in [0.15, 0.2) is 12.4 Å². The first-order chi connectivity index (χ1) is 9.88. The lowest BCUT2D eigenvalue weighted by atomic mass is 10.2. The van der Waals surface area contributed by atoms with Gasteiger partial charge < -0.3 is 5.32 Å². The van der Waals surface area contributed by atoms with Crippen molar-refractivity contribution in [1.82, 2.24) is 30.4 Å². The molecule has 0 spiro atoms. The van der Waals surface area contributed by atoms with E-state index in [4.69, 9.17) is 0 Å². The molecule has 0 saturated heterocycles. The van der Waals surface area contributed by atoms with Gasteiger partial charge in [-0.1, -0.05) is 26.2 Å². The number of unbranched alkanes of at least 4 members (excludes halogenated alkanes) is 3. The van der Waals surface area contributed by atoms with Gasteiger partial charge in [-0.2, -0.15) is 10.3 Å². The maximum atomic E-state index is 4.36. The Bertz CT molecular complexity index is 706. The van der Waals surface area contributed by atoms with E-state index in [-0.39, 0.29) is 0 Å². The topological polar surface area (TPSA) is 92.3 Å². The quantitative estimate of drug-likeness (QED) is 0.668. The Labute approximate surface area is 116 Å². The summed E-state index contributed by atoms with van der Waals surface area (Å²) in [6, 6.07) is 1.91. The van der Waals surface area contributed by atoms with Gasteiger partial charge in [-0.25, -0.2) is 15.0 Å². The van der Waals surface area contributed by atoms with Crippen LogP contribution in [0.5, 0.6) is 0 Å². The lowest BCUT2D eigenvalue weighted by Gasteiger charge is -2.07. The molecule has 20 heavy (non-hydrogen) atoms. The lowest BCUT2D eigenvalue weighted by molar-refractivity contribution is 0.684. The minimum absolute atomic E-state index is 0.574. The summed E-state index contributed by atoms with van der Waals surface area (Å²) in [6.07, 6.45) is 6.41. The molecule has 104 valence electrons. The van der Waals surface area contributed by atoms with Crippen molar-refractivity contribution >= 4 is 28.0 Å². The fourth-order valence-electron chi connectivity index (χ4n) is 2.16. The van der Waals surface area contributed by atoms with Crippen LogP contribution in [0.1, 0.15) is 32.6 Å². The van der Waals surface area contributed by atoms with Crippen LogP contribution in [0.4, 0.5) is 5.82 Å². The summed E-state index contributed by atoms with van der Waals surface area (Å²) >= 11 is 0. The average molecular weight is 271 g/mol. The first kappa shape index (κ1) is 12.7. The molecule has 3 rings (SSSR count). The van der Waals surface area contributed by atoms with E-state index in [2.05, 4.69) is 42.6 Å². The van der Waals surface area contributed by atoms with E-state index in [1.165, 1.54) is 25.6 Å². The number of hydrogen-bond donors (Lipinski definition) is 2. The predicted molar refractivity (Wildman–Crippen MR) is 77.4 cm³/mol. The summed E-state index contributed by atoms with van der Waals surface area (Å²) in [5.41, 5.74) is 1.93. The normalized spacial score (nSPS) is 11.2. The van der Waals surface area contributed by atoms with Crippen molar-refractivity contribution in [3.63, 3.8) is 0 Å². The highest BCUT2D eigenvalue weighted by atomic mass is 15.3. The van der Waals surface area contributed by atoms with E-state index in [9.17, 15) is 0 Å². The Kier molecular flexibility index (Phi) is 3.67. The second-order valence-electron chi connectivity index (χ2n) is 4.74. The fourth-order valence-corrected chi connectivity index (χ4v) is 2.16. The SMILES string of the molecule is CCCCCCNc1ncnc2nc3n[nH]nc3cc12. The minimum atomic E-state index is 0.574. The molecule has 3 heterocycles. The summed E-state index contributed by atoms with van der Waals surface area (Å²) in [5.74, 6) is 0.809. The Morgan fingerprint density at radius 3 is 2.95 bits per heavy atom. The summed E-state index contributed by atoms with van der Waals surface area (Å²) in [4.78, 5) is 12.8. The van der Waals surface area contributed by atoms with Gasteiger partial charge in [0.25, 0.3) is 0 Å². The number of rotatable bonds is 6. The molecule has 0 aliphatic carbocycles.